The van der Waals surface area contributed by atoms with Crippen LogP contribution in [0.25, 0.3) is 0 Å². The van der Waals surface area contributed by atoms with Gasteiger partial charge in [0.05, 0.1) is 0 Å². The Labute approximate surface area is 123 Å². The molecule has 1 aliphatic heterocycles. The monoisotopic (exact) mass is 288 g/mol. The minimum absolute atomic E-state index is 0.774. The molecule has 0 saturated carbocycles. The number of halogens is 1. The summed E-state index contributed by atoms with van der Waals surface area (Å²) in [6.07, 6.45) is 4.09. The number of hydrogen-bond donors (Lipinski definition) is 1. The third kappa shape index (κ3) is 2.85. The molecule has 1 aromatic carbocycles. The van der Waals surface area contributed by atoms with Gasteiger partial charge in [0.1, 0.15) is 18.0 Å². The van der Waals surface area contributed by atoms with E-state index in [4.69, 9.17) is 11.6 Å². The van der Waals surface area contributed by atoms with Crippen molar-refractivity contribution in [1.29, 1.82) is 0 Å². The van der Waals surface area contributed by atoms with Crippen LogP contribution in [-0.2, 0) is 0 Å². The Morgan fingerprint density at radius 2 is 1.95 bits per heavy atom. The Morgan fingerprint density at radius 1 is 1.15 bits per heavy atom. The van der Waals surface area contributed by atoms with Crippen LogP contribution in [0.5, 0.6) is 0 Å². The van der Waals surface area contributed by atoms with Gasteiger partial charge in [-0.15, -0.1) is 0 Å². The van der Waals surface area contributed by atoms with E-state index in [1.54, 1.807) is 6.33 Å². The van der Waals surface area contributed by atoms with Crippen LogP contribution in [0.4, 0.5) is 17.3 Å². The molecule has 0 atom stereocenters. The van der Waals surface area contributed by atoms with Crippen molar-refractivity contribution in [2.75, 3.05) is 23.3 Å². The molecule has 0 aliphatic carbocycles. The molecular weight excluding hydrogens is 272 g/mol. The van der Waals surface area contributed by atoms with Gasteiger partial charge in [0.15, 0.2) is 0 Å². The lowest BCUT2D eigenvalue weighted by atomic mass is 10.2. The molecule has 0 amide bonds. The molecule has 0 radical (unpaired) electrons. The molecule has 0 unspecified atom stereocenters. The van der Waals surface area contributed by atoms with E-state index in [0.717, 1.165) is 41.0 Å². The number of anilines is 3. The van der Waals surface area contributed by atoms with Crippen LogP contribution in [0.15, 0.2) is 30.6 Å². The van der Waals surface area contributed by atoms with Crippen LogP contribution < -0.4 is 10.2 Å². The van der Waals surface area contributed by atoms with Crippen LogP contribution in [0.2, 0.25) is 5.02 Å². The molecule has 5 heteroatoms. The first-order chi connectivity index (χ1) is 9.72. The highest BCUT2D eigenvalue weighted by Gasteiger charge is 2.14. The number of rotatable bonds is 3. The second-order valence-electron chi connectivity index (χ2n) is 5.04. The fraction of sp³-hybridized carbons (Fsp3) is 0.333. The van der Waals surface area contributed by atoms with E-state index >= 15 is 0 Å². The van der Waals surface area contributed by atoms with Gasteiger partial charge >= 0.3 is 0 Å². The lowest BCUT2D eigenvalue weighted by Crippen LogP contribution is -2.19. The fourth-order valence-electron chi connectivity index (χ4n) is 2.40. The van der Waals surface area contributed by atoms with Crippen LogP contribution in [-0.4, -0.2) is 23.1 Å². The molecule has 1 saturated heterocycles. The van der Waals surface area contributed by atoms with E-state index in [1.807, 2.05) is 31.2 Å². The SMILES string of the molecule is Cc1cc(Nc2cc(N3CCCC3)ncn2)ccc1Cl. The van der Waals surface area contributed by atoms with E-state index in [-0.39, 0.29) is 0 Å². The standard InChI is InChI=1S/C15H17ClN4/c1-11-8-12(4-5-13(11)16)19-14-9-15(18-10-17-14)20-6-2-3-7-20/h4-5,8-10H,2-3,6-7H2,1H3,(H,17,18,19). The molecule has 2 aromatic rings. The van der Waals surface area contributed by atoms with E-state index in [0.29, 0.717) is 0 Å². The van der Waals surface area contributed by atoms with Gasteiger partial charge in [0.2, 0.25) is 0 Å². The minimum atomic E-state index is 0.774. The molecule has 20 heavy (non-hydrogen) atoms. The van der Waals surface area contributed by atoms with Crippen LogP contribution in [0.1, 0.15) is 18.4 Å². The van der Waals surface area contributed by atoms with E-state index in [2.05, 4.69) is 20.2 Å². The lowest BCUT2D eigenvalue weighted by molar-refractivity contribution is 0.928. The number of aromatic nitrogens is 2. The summed E-state index contributed by atoms with van der Waals surface area (Å²) in [6, 6.07) is 7.85. The van der Waals surface area contributed by atoms with Crippen molar-refractivity contribution in [3.05, 3.63) is 41.2 Å². The number of nitrogens with one attached hydrogen (secondary N) is 1. The second kappa shape index (κ2) is 5.67. The first-order valence-corrected chi connectivity index (χ1v) is 7.20. The minimum Gasteiger partial charge on any atom is -0.356 e. The average Bonchev–Trinajstić information content (AvgIpc) is 2.97. The largest absolute Gasteiger partial charge is 0.356 e. The molecule has 1 fully saturated rings. The van der Waals surface area contributed by atoms with E-state index < -0.39 is 0 Å². The summed E-state index contributed by atoms with van der Waals surface area (Å²) in [5, 5.41) is 4.07. The normalized spacial score (nSPS) is 14.6. The Kier molecular flexibility index (Phi) is 3.74. The van der Waals surface area contributed by atoms with Crippen LogP contribution >= 0.6 is 11.6 Å². The molecule has 3 rings (SSSR count). The molecular formula is C15H17ClN4. The van der Waals surface area contributed by atoms with Gasteiger partial charge in [-0.1, -0.05) is 11.6 Å². The van der Waals surface area contributed by atoms with E-state index in [1.165, 1.54) is 12.8 Å². The third-order valence-corrected chi connectivity index (χ3v) is 3.94. The van der Waals surface area contributed by atoms with Gasteiger partial charge in [-0.05, 0) is 43.5 Å². The maximum absolute atomic E-state index is 6.03. The van der Waals surface area contributed by atoms with Crippen molar-refractivity contribution < 1.29 is 0 Å². The molecule has 0 spiro atoms. The molecule has 104 valence electrons. The highest BCUT2D eigenvalue weighted by atomic mass is 35.5. The topological polar surface area (TPSA) is 41.0 Å². The van der Waals surface area contributed by atoms with Gasteiger partial charge in [0.25, 0.3) is 0 Å². The second-order valence-corrected chi connectivity index (χ2v) is 5.45. The molecule has 2 heterocycles. The Balaban J connectivity index is 1.79. The summed E-state index contributed by atoms with van der Waals surface area (Å²) in [6.45, 7) is 4.15. The first kappa shape index (κ1) is 13.2. The first-order valence-electron chi connectivity index (χ1n) is 6.82. The summed E-state index contributed by atoms with van der Waals surface area (Å²) in [7, 11) is 0. The van der Waals surface area contributed by atoms with Crippen LogP contribution in [0, 0.1) is 6.92 Å². The molecule has 1 N–H and O–H groups in total. The summed E-state index contributed by atoms with van der Waals surface area (Å²) in [5.74, 6) is 1.80. The predicted octanol–water partition coefficient (Wildman–Crippen LogP) is 3.78. The van der Waals surface area contributed by atoms with Crippen LogP contribution in [0.3, 0.4) is 0 Å². The molecule has 0 bridgehead atoms. The maximum Gasteiger partial charge on any atom is 0.135 e. The Hall–Kier alpha value is -1.81. The summed E-state index contributed by atoms with van der Waals surface area (Å²) < 4.78 is 0. The van der Waals surface area contributed by atoms with Gasteiger partial charge in [-0.3, -0.25) is 0 Å². The van der Waals surface area contributed by atoms with Crippen molar-refractivity contribution in [2.24, 2.45) is 0 Å². The number of nitrogens with zero attached hydrogens (tertiary/aromatic N) is 3. The average molecular weight is 289 g/mol. The quantitative estimate of drug-likeness (QED) is 0.933. The Morgan fingerprint density at radius 3 is 2.70 bits per heavy atom. The highest BCUT2D eigenvalue weighted by Crippen LogP contribution is 2.24. The van der Waals surface area contributed by atoms with Crippen molar-refractivity contribution in [1.82, 2.24) is 9.97 Å². The zero-order valence-corrected chi connectivity index (χ0v) is 12.2. The number of hydrogen-bond acceptors (Lipinski definition) is 4. The zero-order chi connectivity index (χ0) is 13.9. The van der Waals surface area contributed by atoms with E-state index in [9.17, 15) is 0 Å². The van der Waals surface area contributed by atoms with Gasteiger partial charge in [-0.2, -0.15) is 0 Å². The summed E-state index contributed by atoms with van der Waals surface area (Å²) in [4.78, 5) is 10.9. The van der Waals surface area contributed by atoms with Crippen molar-refractivity contribution >= 4 is 28.9 Å². The number of benzene rings is 1. The number of aryl methyl sites for hydroxylation is 1. The predicted molar refractivity (Wildman–Crippen MR) is 83.0 cm³/mol. The maximum atomic E-state index is 6.03. The molecule has 4 nitrogen and oxygen atoms in total. The molecule has 1 aliphatic rings. The summed E-state index contributed by atoms with van der Waals surface area (Å²) in [5.41, 5.74) is 2.03. The highest BCUT2D eigenvalue weighted by molar-refractivity contribution is 6.31. The summed E-state index contributed by atoms with van der Waals surface area (Å²) >= 11 is 6.03. The van der Waals surface area contributed by atoms with Gasteiger partial charge in [-0.25, -0.2) is 9.97 Å². The fourth-order valence-corrected chi connectivity index (χ4v) is 2.52. The smallest absolute Gasteiger partial charge is 0.135 e. The van der Waals surface area contributed by atoms with Gasteiger partial charge < -0.3 is 10.2 Å². The zero-order valence-electron chi connectivity index (χ0n) is 11.4. The third-order valence-electron chi connectivity index (χ3n) is 3.51. The van der Waals surface area contributed by atoms with Crippen molar-refractivity contribution in [2.45, 2.75) is 19.8 Å². The van der Waals surface area contributed by atoms with Crippen molar-refractivity contribution in [3.63, 3.8) is 0 Å². The molecule has 1 aromatic heterocycles. The van der Waals surface area contributed by atoms with Gasteiger partial charge in [0, 0.05) is 29.9 Å². The van der Waals surface area contributed by atoms with Crippen molar-refractivity contribution in [3.8, 4) is 0 Å². The Bertz CT molecular complexity index is 609. The lowest BCUT2D eigenvalue weighted by Gasteiger charge is -2.16.